The van der Waals surface area contributed by atoms with E-state index in [0.717, 1.165) is 28.6 Å². The first-order valence-electron chi connectivity index (χ1n) is 8.07. The monoisotopic (exact) mass is 372 g/mol. The highest BCUT2D eigenvalue weighted by molar-refractivity contribution is 7.98. The molecule has 0 amide bonds. The van der Waals surface area contributed by atoms with Crippen LogP contribution >= 0.6 is 11.8 Å². The van der Waals surface area contributed by atoms with Gasteiger partial charge in [0.1, 0.15) is 17.4 Å². The van der Waals surface area contributed by atoms with Crippen molar-refractivity contribution in [1.29, 1.82) is 0 Å². The number of aryl methyl sites for hydroxylation is 3. The van der Waals surface area contributed by atoms with Crippen molar-refractivity contribution in [3.05, 3.63) is 76.5 Å². The molecular formula is C20H18F2N2OS. The minimum absolute atomic E-state index is 0.362. The highest BCUT2D eigenvalue weighted by Crippen LogP contribution is 2.27. The zero-order valence-corrected chi connectivity index (χ0v) is 15.5. The van der Waals surface area contributed by atoms with E-state index in [2.05, 4.69) is 9.97 Å². The minimum Gasteiger partial charge on any atom is -0.439 e. The predicted molar refractivity (Wildman–Crippen MR) is 98.7 cm³/mol. The Morgan fingerprint density at radius 2 is 1.65 bits per heavy atom. The second-order valence-corrected chi connectivity index (χ2v) is 7.01. The molecule has 0 unspecified atom stereocenters. The van der Waals surface area contributed by atoms with Gasteiger partial charge in [0.2, 0.25) is 5.88 Å². The summed E-state index contributed by atoms with van der Waals surface area (Å²) in [7, 11) is 0. The van der Waals surface area contributed by atoms with E-state index >= 15 is 0 Å². The Morgan fingerprint density at radius 1 is 0.923 bits per heavy atom. The predicted octanol–water partition coefficient (Wildman–Crippen LogP) is 5.76. The third-order valence-electron chi connectivity index (χ3n) is 3.65. The van der Waals surface area contributed by atoms with Crippen LogP contribution in [0.1, 0.15) is 22.4 Å². The smallest absolute Gasteiger partial charge is 0.223 e. The van der Waals surface area contributed by atoms with Gasteiger partial charge in [-0.3, -0.25) is 0 Å². The van der Waals surface area contributed by atoms with E-state index in [4.69, 9.17) is 4.74 Å². The lowest BCUT2D eigenvalue weighted by Gasteiger charge is -2.10. The Morgan fingerprint density at radius 3 is 2.35 bits per heavy atom. The number of ether oxygens (including phenoxy) is 1. The van der Waals surface area contributed by atoms with Crippen molar-refractivity contribution >= 4 is 11.8 Å². The number of rotatable bonds is 5. The van der Waals surface area contributed by atoms with Crippen LogP contribution in [-0.4, -0.2) is 9.97 Å². The normalized spacial score (nSPS) is 10.8. The van der Waals surface area contributed by atoms with Crippen molar-refractivity contribution in [2.75, 3.05) is 0 Å². The molecule has 3 nitrogen and oxygen atoms in total. The fourth-order valence-electron chi connectivity index (χ4n) is 2.50. The molecule has 0 spiro atoms. The molecular weight excluding hydrogens is 354 g/mol. The second-order valence-electron chi connectivity index (χ2n) is 6.07. The van der Waals surface area contributed by atoms with Crippen molar-refractivity contribution < 1.29 is 13.5 Å². The zero-order chi connectivity index (χ0) is 18.7. The minimum atomic E-state index is -0.593. The van der Waals surface area contributed by atoms with Crippen LogP contribution in [0.4, 0.5) is 8.78 Å². The van der Waals surface area contributed by atoms with Gasteiger partial charge in [0, 0.05) is 23.6 Å². The van der Waals surface area contributed by atoms with Gasteiger partial charge in [-0.2, -0.15) is 4.98 Å². The van der Waals surface area contributed by atoms with Crippen molar-refractivity contribution in [3.63, 3.8) is 0 Å². The van der Waals surface area contributed by atoms with Crippen LogP contribution in [0.5, 0.6) is 11.6 Å². The second kappa shape index (κ2) is 7.83. The van der Waals surface area contributed by atoms with E-state index in [1.807, 2.05) is 39.0 Å². The van der Waals surface area contributed by atoms with Gasteiger partial charge >= 0.3 is 0 Å². The summed E-state index contributed by atoms with van der Waals surface area (Å²) in [4.78, 5) is 8.75. The van der Waals surface area contributed by atoms with Crippen LogP contribution in [0.2, 0.25) is 0 Å². The number of benzene rings is 2. The molecule has 1 heterocycles. The van der Waals surface area contributed by atoms with Gasteiger partial charge in [-0.05, 0) is 50.1 Å². The third-order valence-corrected chi connectivity index (χ3v) is 4.56. The molecule has 0 saturated heterocycles. The van der Waals surface area contributed by atoms with Gasteiger partial charge in [0.05, 0.1) is 0 Å². The molecule has 3 rings (SSSR count). The average molecular weight is 372 g/mol. The lowest BCUT2D eigenvalue weighted by molar-refractivity contribution is 0.451. The summed E-state index contributed by atoms with van der Waals surface area (Å²) in [6.07, 6.45) is 0. The first-order chi connectivity index (χ1) is 12.4. The van der Waals surface area contributed by atoms with E-state index in [-0.39, 0.29) is 0 Å². The summed E-state index contributed by atoms with van der Waals surface area (Å²) < 4.78 is 32.5. The molecule has 6 heteroatoms. The molecule has 0 aliphatic rings. The van der Waals surface area contributed by atoms with Gasteiger partial charge < -0.3 is 4.74 Å². The summed E-state index contributed by atoms with van der Waals surface area (Å²) in [5, 5.41) is 0.495. The number of aromatic nitrogens is 2. The molecule has 0 N–H and O–H groups in total. The maximum absolute atomic E-state index is 13.3. The first-order valence-corrected chi connectivity index (χ1v) is 9.06. The molecule has 0 atom stereocenters. The Hall–Kier alpha value is -2.47. The van der Waals surface area contributed by atoms with Gasteiger partial charge in [-0.25, -0.2) is 13.8 Å². The molecule has 0 aliphatic carbocycles. The summed E-state index contributed by atoms with van der Waals surface area (Å²) in [5.41, 5.74) is 3.47. The van der Waals surface area contributed by atoms with E-state index in [9.17, 15) is 8.78 Å². The largest absolute Gasteiger partial charge is 0.439 e. The van der Waals surface area contributed by atoms with Crippen molar-refractivity contribution in [2.24, 2.45) is 0 Å². The van der Waals surface area contributed by atoms with Gasteiger partial charge in [0.25, 0.3) is 0 Å². The van der Waals surface area contributed by atoms with Gasteiger partial charge in [-0.15, -0.1) is 0 Å². The number of nitrogens with zero attached hydrogens (tertiary/aromatic N) is 2. The molecule has 2 aromatic carbocycles. The standard InChI is InChI=1S/C20H18F2N2OS/c1-12-4-5-18(13(2)6-12)25-19-7-14(3)23-20(24-19)26-11-15-8-16(21)10-17(22)9-15/h4-10H,11H2,1-3H3. The van der Waals surface area contributed by atoms with E-state index in [1.165, 1.54) is 23.9 Å². The maximum atomic E-state index is 13.3. The highest BCUT2D eigenvalue weighted by Gasteiger charge is 2.09. The molecule has 0 bridgehead atoms. The maximum Gasteiger partial charge on any atom is 0.223 e. The fraction of sp³-hybridized carbons (Fsp3) is 0.200. The van der Waals surface area contributed by atoms with Crippen LogP contribution in [0.15, 0.2) is 47.6 Å². The molecule has 26 heavy (non-hydrogen) atoms. The molecule has 0 fully saturated rings. The topological polar surface area (TPSA) is 35.0 Å². The molecule has 134 valence electrons. The number of halogens is 2. The number of hydrogen-bond donors (Lipinski definition) is 0. The molecule has 3 aromatic rings. The lowest BCUT2D eigenvalue weighted by atomic mass is 10.1. The van der Waals surface area contributed by atoms with Crippen LogP contribution in [0, 0.1) is 32.4 Å². The zero-order valence-electron chi connectivity index (χ0n) is 14.7. The Labute approximate surface area is 155 Å². The lowest BCUT2D eigenvalue weighted by Crippen LogP contribution is -1.96. The number of hydrogen-bond acceptors (Lipinski definition) is 4. The fourth-order valence-corrected chi connectivity index (χ4v) is 3.32. The third kappa shape index (κ3) is 4.79. The highest BCUT2D eigenvalue weighted by atomic mass is 32.2. The Balaban J connectivity index is 1.76. The van der Waals surface area contributed by atoms with Gasteiger partial charge in [-0.1, -0.05) is 29.5 Å². The van der Waals surface area contributed by atoms with Crippen LogP contribution in [0.3, 0.4) is 0 Å². The number of thioether (sulfide) groups is 1. The molecule has 0 radical (unpaired) electrons. The van der Waals surface area contributed by atoms with E-state index in [1.54, 1.807) is 6.07 Å². The van der Waals surface area contributed by atoms with E-state index < -0.39 is 11.6 Å². The van der Waals surface area contributed by atoms with E-state index in [0.29, 0.717) is 22.4 Å². The van der Waals surface area contributed by atoms with Crippen LogP contribution in [-0.2, 0) is 5.75 Å². The average Bonchev–Trinajstić information content (AvgIpc) is 2.54. The first kappa shape index (κ1) is 18.3. The summed E-state index contributed by atoms with van der Waals surface area (Å²) in [6, 6.07) is 11.1. The summed E-state index contributed by atoms with van der Waals surface area (Å²) in [6.45, 7) is 5.85. The Bertz CT molecular complexity index is 927. The summed E-state index contributed by atoms with van der Waals surface area (Å²) >= 11 is 1.30. The molecule has 0 aliphatic heterocycles. The Kier molecular flexibility index (Phi) is 5.52. The van der Waals surface area contributed by atoms with Crippen molar-refractivity contribution in [2.45, 2.75) is 31.7 Å². The van der Waals surface area contributed by atoms with Crippen LogP contribution < -0.4 is 4.74 Å². The van der Waals surface area contributed by atoms with Gasteiger partial charge in [0.15, 0.2) is 5.16 Å². The van der Waals surface area contributed by atoms with Crippen LogP contribution in [0.25, 0.3) is 0 Å². The molecule has 1 aromatic heterocycles. The van der Waals surface area contributed by atoms with Crippen molar-refractivity contribution in [3.8, 4) is 11.6 Å². The summed E-state index contributed by atoms with van der Waals surface area (Å²) in [5.74, 6) is 0.352. The quantitative estimate of drug-likeness (QED) is 0.421. The van der Waals surface area contributed by atoms with Crippen molar-refractivity contribution in [1.82, 2.24) is 9.97 Å². The molecule has 0 saturated carbocycles. The SMILES string of the molecule is Cc1ccc(Oc2cc(C)nc(SCc3cc(F)cc(F)c3)n2)c(C)c1.